The maximum Gasteiger partial charge on any atom is 0.293 e. The predicted molar refractivity (Wildman–Crippen MR) is 84.3 cm³/mol. The van der Waals surface area contributed by atoms with Gasteiger partial charge < -0.3 is 9.80 Å². The number of hydrogen-bond donors (Lipinski definition) is 0. The molecule has 0 radical (unpaired) electrons. The number of nitrogens with zero attached hydrogens (tertiary/aromatic N) is 3. The Hall–Kier alpha value is -1.14. The molecular weight excluding hydrogens is 322 g/mol. The highest BCUT2D eigenvalue weighted by atomic mass is 79.9. The van der Waals surface area contributed by atoms with E-state index < -0.39 is 0 Å². The molecule has 1 aromatic rings. The van der Waals surface area contributed by atoms with Crippen molar-refractivity contribution in [2.75, 3.05) is 38.6 Å². The van der Waals surface area contributed by atoms with Gasteiger partial charge in [-0.05, 0) is 51.0 Å². The zero-order valence-corrected chi connectivity index (χ0v) is 13.5. The molecule has 5 nitrogen and oxygen atoms in total. The Morgan fingerprint density at radius 2 is 2.10 bits per heavy atom. The van der Waals surface area contributed by atoms with Crippen molar-refractivity contribution in [1.29, 1.82) is 0 Å². The zero-order chi connectivity index (χ0) is 14.7. The molecule has 0 amide bonds. The van der Waals surface area contributed by atoms with Crippen LogP contribution in [0, 0.1) is 16.0 Å². The van der Waals surface area contributed by atoms with Crippen molar-refractivity contribution in [1.82, 2.24) is 4.90 Å². The highest BCUT2D eigenvalue weighted by molar-refractivity contribution is 9.10. The van der Waals surface area contributed by atoms with Gasteiger partial charge in [0.1, 0.15) is 5.69 Å². The summed E-state index contributed by atoms with van der Waals surface area (Å²) in [5.74, 6) is 0.611. The third-order valence-corrected chi connectivity index (χ3v) is 4.41. The third-order valence-electron chi connectivity index (χ3n) is 3.92. The second-order valence-electron chi connectivity index (χ2n) is 5.52. The number of likely N-dealkylation sites (tertiary alicyclic amines) is 1. The second-order valence-corrected chi connectivity index (χ2v) is 6.43. The van der Waals surface area contributed by atoms with Crippen LogP contribution in [0.4, 0.5) is 11.4 Å². The highest BCUT2D eigenvalue weighted by Crippen LogP contribution is 2.31. The van der Waals surface area contributed by atoms with Crippen molar-refractivity contribution in [2.45, 2.75) is 12.8 Å². The first-order valence-electron chi connectivity index (χ1n) is 6.81. The molecule has 0 unspecified atom stereocenters. The van der Waals surface area contributed by atoms with Gasteiger partial charge in [-0.15, -0.1) is 0 Å². The van der Waals surface area contributed by atoms with Gasteiger partial charge in [0.15, 0.2) is 0 Å². The molecule has 1 aromatic carbocycles. The van der Waals surface area contributed by atoms with Gasteiger partial charge in [0, 0.05) is 24.1 Å². The molecule has 0 aliphatic carbocycles. The molecule has 1 saturated heterocycles. The van der Waals surface area contributed by atoms with E-state index in [9.17, 15) is 10.1 Å². The second kappa shape index (κ2) is 6.54. The fourth-order valence-corrected chi connectivity index (χ4v) is 3.04. The minimum atomic E-state index is -0.314. The molecule has 1 aliphatic heterocycles. The normalized spacial score (nSPS) is 17.1. The Morgan fingerprint density at radius 1 is 1.45 bits per heavy atom. The first-order valence-corrected chi connectivity index (χ1v) is 7.60. The molecule has 0 N–H and O–H groups in total. The highest BCUT2D eigenvalue weighted by Gasteiger charge is 2.22. The Kier molecular flexibility index (Phi) is 4.99. The van der Waals surface area contributed by atoms with E-state index in [0.29, 0.717) is 11.6 Å². The number of nitro benzene ring substituents is 1. The van der Waals surface area contributed by atoms with Gasteiger partial charge in [-0.25, -0.2) is 0 Å². The minimum Gasteiger partial charge on any atom is -0.369 e. The molecule has 0 saturated carbocycles. The summed E-state index contributed by atoms with van der Waals surface area (Å²) >= 11 is 3.29. The molecule has 20 heavy (non-hydrogen) atoms. The quantitative estimate of drug-likeness (QED) is 0.623. The van der Waals surface area contributed by atoms with E-state index in [4.69, 9.17) is 0 Å². The molecule has 6 heteroatoms. The van der Waals surface area contributed by atoms with E-state index in [1.165, 1.54) is 0 Å². The number of rotatable bonds is 4. The van der Waals surface area contributed by atoms with E-state index in [1.54, 1.807) is 6.07 Å². The minimum absolute atomic E-state index is 0.162. The molecule has 0 spiro atoms. The molecule has 110 valence electrons. The zero-order valence-electron chi connectivity index (χ0n) is 11.9. The standard InChI is InChI=1S/C14H20BrN3O2/c1-16-7-5-11(6-8-16)10-17(2)13-4-3-12(15)9-14(13)18(19)20/h3-4,9,11H,5-8,10H2,1-2H3. The molecule has 0 bridgehead atoms. The molecular formula is C14H20BrN3O2. The van der Waals surface area contributed by atoms with Gasteiger partial charge in [0.05, 0.1) is 4.92 Å². The summed E-state index contributed by atoms with van der Waals surface area (Å²) in [5.41, 5.74) is 0.854. The van der Waals surface area contributed by atoms with Gasteiger partial charge in [-0.2, -0.15) is 0 Å². The molecule has 1 fully saturated rings. The molecule has 2 rings (SSSR count). The SMILES string of the molecule is CN1CCC(CN(C)c2ccc(Br)cc2[N+](=O)[O-])CC1. The lowest BCUT2D eigenvalue weighted by molar-refractivity contribution is -0.384. The van der Waals surface area contributed by atoms with Crippen LogP contribution in [0.3, 0.4) is 0 Å². The topological polar surface area (TPSA) is 49.6 Å². The predicted octanol–water partition coefficient (Wildman–Crippen LogP) is 3.14. The van der Waals surface area contributed by atoms with Crippen molar-refractivity contribution in [2.24, 2.45) is 5.92 Å². The summed E-state index contributed by atoms with van der Waals surface area (Å²) in [6.07, 6.45) is 2.32. The van der Waals surface area contributed by atoms with Crippen LogP contribution in [0.25, 0.3) is 0 Å². The average molecular weight is 342 g/mol. The summed E-state index contributed by atoms with van der Waals surface area (Å²) < 4.78 is 0.737. The smallest absolute Gasteiger partial charge is 0.293 e. The largest absolute Gasteiger partial charge is 0.369 e. The van der Waals surface area contributed by atoms with E-state index in [2.05, 4.69) is 27.9 Å². The number of benzene rings is 1. The van der Waals surface area contributed by atoms with E-state index in [-0.39, 0.29) is 10.6 Å². The summed E-state index contributed by atoms with van der Waals surface area (Å²) in [4.78, 5) is 15.2. The molecule has 1 aliphatic rings. The maximum atomic E-state index is 11.2. The van der Waals surface area contributed by atoms with Crippen LogP contribution in [0.2, 0.25) is 0 Å². The number of nitro groups is 1. The van der Waals surface area contributed by atoms with Crippen LogP contribution in [0.5, 0.6) is 0 Å². The van der Waals surface area contributed by atoms with Crippen LogP contribution in [-0.4, -0.2) is 43.6 Å². The van der Waals surface area contributed by atoms with Gasteiger partial charge in [-0.1, -0.05) is 15.9 Å². The van der Waals surface area contributed by atoms with Crippen LogP contribution in [0.15, 0.2) is 22.7 Å². The van der Waals surface area contributed by atoms with E-state index in [1.807, 2.05) is 24.1 Å². The van der Waals surface area contributed by atoms with Crippen molar-refractivity contribution < 1.29 is 4.92 Å². The van der Waals surface area contributed by atoms with Gasteiger partial charge in [0.2, 0.25) is 0 Å². The number of piperidine rings is 1. The lowest BCUT2D eigenvalue weighted by Gasteiger charge is -2.32. The Morgan fingerprint density at radius 3 is 2.70 bits per heavy atom. The lowest BCUT2D eigenvalue weighted by Crippen LogP contribution is -2.35. The molecule has 0 atom stereocenters. The number of halogens is 1. The average Bonchev–Trinajstić information content (AvgIpc) is 2.41. The summed E-state index contributed by atoms with van der Waals surface area (Å²) in [7, 11) is 4.08. The van der Waals surface area contributed by atoms with Crippen molar-refractivity contribution in [3.63, 3.8) is 0 Å². The molecule has 0 aromatic heterocycles. The van der Waals surface area contributed by atoms with Crippen LogP contribution < -0.4 is 4.90 Å². The lowest BCUT2D eigenvalue weighted by atomic mass is 9.96. The number of anilines is 1. The Bertz CT molecular complexity index is 487. The van der Waals surface area contributed by atoms with Gasteiger partial charge in [-0.3, -0.25) is 10.1 Å². The summed E-state index contributed by atoms with van der Waals surface area (Å²) in [6, 6.07) is 5.24. The van der Waals surface area contributed by atoms with Crippen LogP contribution in [-0.2, 0) is 0 Å². The fraction of sp³-hybridized carbons (Fsp3) is 0.571. The summed E-state index contributed by atoms with van der Waals surface area (Å²) in [5, 5.41) is 11.2. The van der Waals surface area contributed by atoms with Gasteiger partial charge >= 0.3 is 0 Å². The fourth-order valence-electron chi connectivity index (χ4n) is 2.70. The van der Waals surface area contributed by atoms with Crippen molar-refractivity contribution in [3.05, 3.63) is 32.8 Å². The first-order chi connectivity index (χ1) is 9.47. The third kappa shape index (κ3) is 3.70. The van der Waals surface area contributed by atoms with Crippen molar-refractivity contribution >= 4 is 27.3 Å². The Labute approximate surface area is 127 Å². The van der Waals surface area contributed by atoms with Crippen molar-refractivity contribution in [3.8, 4) is 0 Å². The maximum absolute atomic E-state index is 11.2. The number of hydrogen-bond acceptors (Lipinski definition) is 4. The Balaban J connectivity index is 2.09. The van der Waals surface area contributed by atoms with E-state index in [0.717, 1.165) is 36.9 Å². The van der Waals surface area contributed by atoms with Crippen LogP contribution in [0.1, 0.15) is 12.8 Å². The monoisotopic (exact) mass is 341 g/mol. The first kappa shape index (κ1) is 15.3. The van der Waals surface area contributed by atoms with Crippen LogP contribution >= 0.6 is 15.9 Å². The summed E-state index contributed by atoms with van der Waals surface area (Å²) in [6.45, 7) is 3.10. The van der Waals surface area contributed by atoms with Gasteiger partial charge in [0.25, 0.3) is 5.69 Å². The molecule has 1 heterocycles. The van der Waals surface area contributed by atoms with E-state index >= 15 is 0 Å².